The number of hydrogen-bond acceptors (Lipinski definition) is 4. The van der Waals surface area contributed by atoms with Crippen molar-refractivity contribution >= 4 is 11.7 Å². The molecule has 34 heavy (non-hydrogen) atoms. The number of anilines is 1. The van der Waals surface area contributed by atoms with Crippen molar-refractivity contribution in [1.29, 1.82) is 0 Å². The largest absolute Gasteiger partial charge is 0.327 e. The van der Waals surface area contributed by atoms with E-state index in [1.807, 2.05) is 36.0 Å². The van der Waals surface area contributed by atoms with E-state index in [1.54, 1.807) is 18.5 Å². The minimum absolute atomic E-state index is 0.0370. The van der Waals surface area contributed by atoms with Gasteiger partial charge in [-0.25, -0.2) is 19.3 Å². The fourth-order valence-electron chi connectivity index (χ4n) is 4.70. The number of pyridine rings is 1. The number of aryl methyl sites for hydroxylation is 1. The summed E-state index contributed by atoms with van der Waals surface area (Å²) >= 11 is 0. The number of nitrogens with zero attached hydrogens (tertiary/aromatic N) is 5. The molecule has 8 heteroatoms. The second-order valence-corrected chi connectivity index (χ2v) is 9.45. The molecule has 1 fully saturated rings. The molecule has 1 atom stereocenters. The summed E-state index contributed by atoms with van der Waals surface area (Å²) in [7, 11) is 0. The predicted octanol–water partition coefficient (Wildman–Crippen LogP) is 4.90. The molecule has 1 N–H and O–H groups in total. The average Bonchev–Trinajstić information content (AvgIpc) is 3.23. The summed E-state index contributed by atoms with van der Waals surface area (Å²) in [6, 6.07) is 8.35. The van der Waals surface area contributed by atoms with Crippen LogP contribution < -0.4 is 5.32 Å². The van der Waals surface area contributed by atoms with Crippen LogP contribution in [0.25, 0.3) is 17.2 Å². The predicted molar refractivity (Wildman–Crippen MR) is 127 cm³/mol. The molecule has 1 amide bonds. The molecule has 3 aromatic heterocycles. The SMILES string of the molecule is Cc1cc(F)c(C(=O)Nc2cccc(-c3ncc4n3C[C@@H](C)C4)n2)cc1-n1cnc(C2CC2)c1. The molecule has 1 saturated carbocycles. The molecule has 0 spiro atoms. The zero-order valence-corrected chi connectivity index (χ0v) is 19.1. The molecule has 4 aromatic rings. The molecule has 0 bridgehead atoms. The maximum Gasteiger partial charge on any atom is 0.259 e. The molecule has 1 aliphatic carbocycles. The Morgan fingerprint density at radius 1 is 1.21 bits per heavy atom. The zero-order valence-electron chi connectivity index (χ0n) is 19.1. The van der Waals surface area contributed by atoms with Gasteiger partial charge in [-0.1, -0.05) is 13.0 Å². The highest BCUT2D eigenvalue weighted by Gasteiger charge is 2.26. The number of imidazole rings is 2. The summed E-state index contributed by atoms with van der Waals surface area (Å²) in [6.45, 7) is 4.94. The summed E-state index contributed by atoms with van der Waals surface area (Å²) < 4.78 is 18.8. The average molecular weight is 457 g/mol. The number of halogens is 1. The number of nitrogens with one attached hydrogen (secondary N) is 1. The number of amides is 1. The lowest BCUT2D eigenvalue weighted by Gasteiger charge is -2.12. The van der Waals surface area contributed by atoms with Gasteiger partial charge in [0.05, 0.1) is 23.3 Å². The Morgan fingerprint density at radius 2 is 2.06 bits per heavy atom. The molecule has 0 unspecified atom stereocenters. The summed E-state index contributed by atoms with van der Waals surface area (Å²) in [4.78, 5) is 26.6. The van der Waals surface area contributed by atoms with Crippen molar-refractivity contribution in [2.45, 2.75) is 45.6 Å². The van der Waals surface area contributed by atoms with Crippen LogP contribution in [0.5, 0.6) is 0 Å². The number of fused-ring (bicyclic) bond motifs is 1. The third-order valence-electron chi connectivity index (χ3n) is 6.62. The molecular weight excluding hydrogens is 431 g/mol. The second kappa shape index (κ2) is 7.90. The van der Waals surface area contributed by atoms with Gasteiger partial charge in [0, 0.05) is 30.6 Å². The number of carbonyl (C=O) groups excluding carboxylic acids is 1. The lowest BCUT2D eigenvalue weighted by atomic mass is 10.1. The first-order valence-corrected chi connectivity index (χ1v) is 11.6. The third-order valence-corrected chi connectivity index (χ3v) is 6.62. The quantitative estimate of drug-likeness (QED) is 0.463. The molecular formula is C26H25FN6O. The van der Waals surface area contributed by atoms with Crippen molar-refractivity contribution in [2.24, 2.45) is 5.92 Å². The fraction of sp³-hybridized carbons (Fsp3) is 0.308. The summed E-state index contributed by atoms with van der Waals surface area (Å²) in [6.07, 6.45) is 8.88. The maximum atomic E-state index is 14.8. The van der Waals surface area contributed by atoms with Crippen LogP contribution in [-0.4, -0.2) is 30.0 Å². The van der Waals surface area contributed by atoms with E-state index < -0.39 is 11.7 Å². The van der Waals surface area contributed by atoms with Gasteiger partial charge in [0.2, 0.25) is 0 Å². The smallest absolute Gasteiger partial charge is 0.259 e. The van der Waals surface area contributed by atoms with Crippen molar-refractivity contribution in [2.75, 3.05) is 5.32 Å². The van der Waals surface area contributed by atoms with E-state index in [9.17, 15) is 9.18 Å². The highest BCUT2D eigenvalue weighted by atomic mass is 19.1. The maximum absolute atomic E-state index is 14.8. The van der Waals surface area contributed by atoms with Crippen molar-refractivity contribution in [3.8, 4) is 17.2 Å². The van der Waals surface area contributed by atoms with Crippen molar-refractivity contribution < 1.29 is 9.18 Å². The molecule has 6 rings (SSSR count). The molecule has 0 radical (unpaired) electrons. The molecule has 1 aromatic carbocycles. The molecule has 4 heterocycles. The van der Waals surface area contributed by atoms with Crippen LogP contribution in [0.1, 0.15) is 53.0 Å². The van der Waals surface area contributed by atoms with Crippen molar-refractivity contribution in [3.05, 3.63) is 77.4 Å². The standard InChI is InChI=1S/C26H25FN6O/c1-15-8-18-11-28-25(33(18)12-15)21-4-3-5-24(30-21)31-26(34)19-10-23(16(2)9-20(19)27)32-13-22(29-14-32)17-6-7-17/h3-5,9-11,13-15,17H,6-8,12H2,1-2H3,(H,30,31,34)/t15-/m0/s1. The number of benzene rings is 1. The first-order chi connectivity index (χ1) is 16.5. The topological polar surface area (TPSA) is 77.6 Å². The van der Waals surface area contributed by atoms with E-state index in [4.69, 9.17) is 0 Å². The van der Waals surface area contributed by atoms with Crippen LogP contribution in [-0.2, 0) is 13.0 Å². The summed E-state index contributed by atoms with van der Waals surface area (Å²) in [5.41, 5.74) is 4.33. The van der Waals surface area contributed by atoms with Gasteiger partial charge in [-0.2, -0.15) is 0 Å². The van der Waals surface area contributed by atoms with Crippen LogP contribution in [0.2, 0.25) is 0 Å². The van der Waals surface area contributed by atoms with Crippen LogP contribution in [0, 0.1) is 18.7 Å². The van der Waals surface area contributed by atoms with E-state index in [-0.39, 0.29) is 5.56 Å². The Bertz CT molecular complexity index is 1420. The minimum Gasteiger partial charge on any atom is -0.327 e. The Hall–Kier alpha value is -3.81. The fourth-order valence-corrected chi connectivity index (χ4v) is 4.70. The Kier molecular flexibility index (Phi) is 4.83. The van der Waals surface area contributed by atoms with Gasteiger partial charge >= 0.3 is 0 Å². The van der Waals surface area contributed by atoms with E-state index in [2.05, 4.69) is 31.8 Å². The van der Waals surface area contributed by atoms with Crippen LogP contribution in [0.15, 0.2) is 49.1 Å². The Morgan fingerprint density at radius 3 is 2.88 bits per heavy atom. The number of rotatable bonds is 5. The van der Waals surface area contributed by atoms with Gasteiger partial charge in [-0.05, 0) is 61.9 Å². The van der Waals surface area contributed by atoms with Crippen molar-refractivity contribution in [1.82, 2.24) is 24.1 Å². The normalized spacial score (nSPS) is 17.1. The van der Waals surface area contributed by atoms with E-state index >= 15 is 0 Å². The summed E-state index contributed by atoms with van der Waals surface area (Å²) in [5, 5.41) is 2.76. The molecule has 0 saturated heterocycles. The minimum atomic E-state index is -0.572. The second-order valence-electron chi connectivity index (χ2n) is 9.45. The van der Waals surface area contributed by atoms with Gasteiger partial charge in [-0.15, -0.1) is 0 Å². The van der Waals surface area contributed by atoms with Gasteiger partial charge < -0.3 is 14.5 Å². The lowest BCUT2D eigenvalue weighted by molar-refractivity contribution is 0.102. The van der Waals surface area contributed by atoms with Crippen LogP contribution in [0.4, 0.5) is 10.2 Å². The third kappa shape index (κ3) is 3.69. The number of carbonyl (C=O) groups is 1. The van der Waals surface area contributed by atoms with Gasteiger partial charge in [-0.3, -0.25) is 4.79 Å². The highest BCUT2D eigenvalue weighted by molar-refractivity contribution is 6.04. The number of hydrogen-bond donors (Lipinski definition) is 1. The first-order valence-electron chi connectivity index (χ1n) is 11.6. The monoisotopic (exact) mass is 456 g/mol. The van der Waals surface area contributed by atoms with Gasteiger partial charge in [0.1, 0.15) is 17.3 Å². The summed E-state index contributed by atoms with van der Waals surface area (Å²) in [5.74, 6) is 1.10. The van der Waals surface area contributed by atoms with Crippen LogP contribution in [0.3, 0.4) is 0 Å². The zero-order chi connectivity index (χ0) is 23.4. The molecule has 2 aliphatic rings. The first kappa shape index (κ1) is 20.8. The van der Waals surface area contributed by atoms with E-state index in [0.29, 0.717) is 23.3 Å². The van der Waals surface area contributed by atoms with Crippen LogP contribution >= 0.6 is 0 Å². The highest BCUT2D eigenvalue weighted by Crippen LogP contribution is 2.39. The Balaban J connectivity index is 1.27. The van der Waals surface area contributed by atoms with Crippen molar-refractivity contribution in [3.63, 3.8) is 0 Å². The lowest BCUT2D eigenvalue weighted by Crippen LogP contribution is -2.16. The Labute approximate surface area is 196 Å². The van der Waals surface area contributed by atoms with E-state index in [0.717, 1.165) is 48.6 Å². The molecule has 7 nitrogen and oxygen atoms in total. The van der Waals surface area contributed by atoms with Gasteiger partial charge in [0.15, 0.2) is 5.82 Å². The number of aromatic nitrogens is 5. The van der Waals surface area contributed by atoms with E-state index in [1.165, 1.54) is 11.8 Å². The molecule has 172 valence electrons. The van der Waals surface area contributed by atoms with Gasteiger partial charge in [0.25, 0.3) is 5.91 Å². The molecule has 1 aliphatic heterocycles.